The number of benzene rings is 1. The first-order valence-electron chi connectivity index (χ1n) is 16.0. The number of hydrogen-bond acceptors (Lipinski definition) is 3. The molecular weight excluding hydrogens is 491 g/mol. The average molecular weight is 547 g/mol. The molecule has 4 nitrogen and oxygen atoms in total. The maximum absolute atomic E-state index is 13.3. The zero-order valence-corrected chi connectivity index (χ0v) is 27.7. The van der Waals surface area contributed by atoms with Crippen LogP contribution in [0.25, 0.3) is 0 Å². The van der Waals surface area contributed by atoms with Gasteiger partial charge in [-0.3, -0.25) is 4.79 Å². The molecule has 1 amide bonds. The first kappa shape index (κ1) is 35.9. The molecule has 0 aromatic heterocycles. The van der Waals surface area contributed by atoms with Crippen LogP contribution in [0.1, 0.15) is 154 Å². The van der Waals surface area contributed by atoms with Crippen LogP contribution in [0.5, 0.6) is 0 Å². The number of anilines is 1. The van der Waals surface area contributed by atoms with Crippen molar-refractivity contribution in [2.24, 2.45) is 4.99 Å². The first-order valence-corrected chi connectivity index (χ1v) is 16.0. The van der Waals surface area contributed by atoms with E-state index in [-0.39, 0.29) is 41.2 Å². The van der Waals surface area contributed by atoms with Gasteiger partial charge in [0.05, 0.1) is 11.4 Å². The van der Waals surface area contributed by atoms with E-state index in [0.717, 1.165) is 42.6 Å². The minimum absolute atomic E-state index is 0. The van der Waals surface area contributed by atoms with E-state index in [1.54, 1.807) is 4.90 Å². The van der Waals surface area contributed by atoms with E-state index < -0.39 is 0 Å². The number of rotatable bonds is 22. The number of nitrogens with zero attached hydrogens (tertiary/aromatic N) is 2. The summed E-state index contributed by atoms with van der Waals surface area (Å²) in [7, 11) is 0. The van der Waals surface area contributed by atoms with E-state index in [4.69, 9.17) is 0 Å². The molecule has 1 aromatic carbocycles. The average Bonchev–Trinajstić information content (AvgIpc) is 3.05. The number of para-hydroxylation sites is 1. The van der Waals surface area contributed by atoms with Crippen LogP contribution in [0.4, 0.5) is 5.69 Å². The summed E-state index contributed by atoms with van der Waals surface area (Å²) in [5.41, 5.74) is 2.87. The second kappa shape index (κ2) is 23.6. The molecule has 1 aromatic rings. The molecule has 0 bridgehead atoms. The van der Waals surface area contributed by atoms with Crippen LogP contribution >= 0.6 is 0 Å². The predicted octanol–water partition coefficient (Wildman–Crippen LogP) is 6.26. The fraction of sp³-hybridized carbons (Fsp3) is 0.706. The second-order valence-corrected chi connectivity index (χ2v) is 11.1. The summed E-state index contributed by atoms with van der Waals surface area (Å²) >= 11 is 0. The molecular formula is C34H55N2NaO2. The van der Waals surface area contributed by atoms with E-state index in [1.807, 2.05) is 18.2 Å². The fourth-order valence-electron chi connectivity index (χ4n) is 5.48. The molecule has 1 aliphatic heterocycles. The predicted molar refractivity (Wildman–Crippen MR) is 162 cm³/mol. The molecule has 39 heavy (non-hydrogen) atoms. The summed E-state index contributed by atoms with van der Waals surface area (Å²) in [6.45, 7) is 5.17. The number of aliphatic imine (C=N–C) groups is 1. The molecule has 0 aliphatic carbocycles. The van der Waals surface area contributed by atoms with Gasteiger partial charge in [0, 0.05) is 12.1 Å². The molecule has 0 saturated heterocycles. The minimum atomic E-state index is -0.249. The number of amides is 1. The Morgan fingerprint density at radius 1 is 0.692 bits per heavy atom. The molecule has 5 heteroatoms. The molecule has 0 radical (unpaired) electrons. The molecule has 0 unspecified atom stereocenters. The Morgan fingerprint density at radius 2 is 1.15 bits per heavy atom. The normalized spacial score (nSPS) is 14.2. The standard InChI is InChI=1S/C34H56N2O2.Na/c1-3-5-7-9-11-13-15-17-19-21-26-31-30-25-22-23-27-33(30)36(34(38)32(29-37)35-31)28-24-20-18-16-14-12-10-8-6-4-2;/h22-23,25,27,29,37H,3-21,24,26,28H2,1-2H3;/q;+1/p-1/b32-29+;. The topological polar surface area (TPSA) is 55.7 Å². The number of hydrogen-bond donors (Lipinski definition) is 0. The van der Waals surface area contributed by atoms with Crippen LogP contribution in [0, 0.1) is 0 Å². The van der Waals surface area contributed by atoms with Crippen LogP contribution in [0.15, 0.2) is 41.2 Å². The van der Waals surface area contributed by atoms with Crippen molar-refractivity contribution in [2.45, 2.75) is 149 Å². The van der Waals surface area contributed by atoms with E-state index in [1.165, 1.54) is 109 Å². The van der Waals surface area contributed by atoms with Crippen molar-refractivity contribution in [3.8, 4) is 0 Å². The third-order valence-electron chi connectivity index (χ3n) is 7.84. The van der Waals surface area contributed by atoms with Gasteiger partial charge in [0.1, 0.15) is 5.70 Å². The molecule has 0 spiro atoms. The monoisotopic (exact) mass is 546 g/mol. The Morgan fingerprint density at radius 3 is 1.67 bits per heavy atom. The maximum atomic E-state index is 13.3. The van der Waals surface area contributed by atoms with Gasteiger partial charge < -0.3 is 10.0 Å². The molecule has 0 saturated carbocycles. The summed E-state index contributed by atoms with van der Waals surface area (Å²) in [4.78, 5) is 19.7. The number of unbranched alkanes of at least 4 members (excludes halogenated alkanes) is 18. The van der Waals surface area contributed by atoms with Gasteiger partial charge in [-0.2, -0.15) is 0 Å². The number of carbonyl (C=O) groups excluding carboxylic acids is 1. The number of carbonyl (C=O) groups is 1. The third kappa shape index (κ3) is 14.4. The molecule has 1 aliphatic rings. The van der Waals surface area contributed by atoms with Gasteiger partial charge >= 0.3 is 29.6 Å². The quantitative estimate of drug-likeness (QED) is 0.0746. The van der Waals surface area contributed by atoms with Crippen molar-refractivity contribution in [1.82, 2.24) is 0 Å². The van der Waals surface area contributed by atoms with Gasteiger partial charge in [-0.1, -0.05) is 148 Å². The van der Waals surface area contributed by atoms with Crippen LogP contribution in [0.2, 0.25) is 0 Å². The zero-order valence-electron chi connectivity index (χ0n) is 25.7. The third-order valence-corrected chi connectivity index (χ3v) is 7.84. The van der Waals surface area contributed by atoms with Crippen molar-refractivity contribution in [2.75, 3.05) is 11.4 Å². The summed E-state index contributed by atoms with van der Waals surface area (Å²) in [5.74, 6) is -0.249. The largest absolute Gasteiger partial charge is 1.00 e. The Bertz CT molecular complexity index is 836. The van der Waals surface area contributed by atoms with Gasteiger partial charge in [0.15, 0.2) is 0 Å². The minimum Gasteiger partial charge on any atom is -0.876 e. The summed E-state index contributed by atoms with van der Waals surface area (Å²) < 4.78 is 0. The van der Waals surface area contributed by atoms with Gasteiger partial charge in [0.25, 0.3) is 5.91 Å². The summed E-state index contributed by atoms with van der Waals surface area (Å²) in [5, 5.41) is 11.9. The Hall–Kier alpha value is -1.10. The van der Waals surface area contributed by atoms with Gasteiger partial charge in [-0.15, -0.1) is 6.26 Å². The van der Waals surface area contributed by atoms with E-state index in [0.29, 0.717) is 12.8 Å². The molecule has 0 atom stereocenters. The maximum Gasteiger partial charge on any atom is 1.00 e. The van der Waals surface area contributed by atoms with Crippen molar-refractivity contribution >= 4 is 17.3 Å². The Kier molecular flexibility index (Phi) is 21.7. The van der Waals surface area contributed by atoms with Crippen molar-refractivity contribution < 1.29 is 39.5 Å². The van der Waals surface area contributed by atoms with Crippen LogP contribution in [-0.4, -0.2) is 18.2 Å². The Labute approximate surface area is 262 Å². The van der Waals surface area contributed by atoms with Crippen LogP contribution < -0.4 is 39.6 Å². The smallest absolute Gasteiger partial charge is 0.876 e. The van der Waals surface area contributed by atoms with E-state index in [2.05, 4.69) is 24.9 Å². The summed E-state index contributed by atoms with van der Waals surface area (Å²) in [6, 6.07) is 8.09. The SMILES string of the molecule is CCCCCCCCCCCCC1=N/C(=C/[O-])C(=O)N(CCCCCCCCCCCC)c2ccccc21.[Na+]. The van der Waals surface area contributed by atoms with Gasteiger partial charge in [0.2, 0.25) is 0 Å². The number of fused-ring (bicyclic) bond motifs is 1. The van der Waals surface area contributed by atoms with Crippen LogP contribution in [0.3, 0.4) is 0 Å². The van der Waals surface area contributed by atoms with Crippen LogP contribution in [-0.2, 0) is 4.79 Å². The first-order chi connectivity index (χ1) is 18.7. The summed E-state index contributed by atoms with van der Waals surface area (Å²) in [6.07, 6.45) is 26.9. The fourth-order valence-corrected chi connectivity index (χ4v) is 5.48. The van der Waals surface area contributed by atoms with E-state index in [9.17, 15) is 9.90 Å². The van der Waals surface area contributed by atoms with Crippen molar-refractivity contribution in [1.29, 1.82) is 0 Å². The Balaban J connectivity index is 0.00000760. The van der Waals surface area contributed by atoms with Gasteiger partial charge in [-0.25, -0.2) is 4.99 Å². The zero-order chi connectivity index (χ0) is 27.3. The molecule has 0 N–H and O–H groups in total. The second-order valence-electron chi connectivity index (χ2n) is 11.1. The molecule has 1 heterocycles. The molecule has 2 rings (SSSR count). The molecule has 214 valence electrons. The number of benzodiazepines with no additional fused rings is 1. The van der Waals surface area contributed by atoms with Crippen molar-refractivity contribution in [3.63, 3.8) is 0 Å². The van der Waals surface area contributed by atoms with Gasteiger partial charge in [-0.05, 0) is 25.3 Å². The van der Waals surface area contributed by atoms with E-state index >= 15 is 0 Å². The van der Waals surface area contributed by atoms with Crippen molar-refractivity contribution in [3.05, 3.63) is 41.8 Å². The molecule has 0 fully saturated rings.